The van der Waals surface area contributed by atoms with Gasteiger partial charge in [0.05, 0.1) is 18.4 Å². The molecule has 0 aliphatic rings. The van der Waals surface area contributed by atoms with Gasteiger partial charge in [-0.25, -0.2) is 4.79 Å². The minimum atomic E-state index is -4.20. The first-order valence-electron chi connectivity index (χ1n) is 8.48. The number of hydrogen-bond donors (Lipinski definition) is 0. The molecule has 0 radical (unpaired) electrons. The number of anilines is 1. The molecule has 3 aromatic rings. The van der Waals surface area contributed by atoms with Crippen LogP contribution in [-0.2, 0) is 26.2 Å². The summed E-state index contributed by atoms with van der Waals surface area (Å²) in [7, 11) is -3.00. The Morgan fingerprint density at radius 1 is 0.857 bits per heavy atom. The Hall–Kier alpha value is -3.16. The van der Waals surface area contributed by atoms with E-state index < -0.39 is 16.0 Å². The standard InChI is InChI=1S/C21H19NO5S/c1-26-21(23)19-14-8-9-15-20(19)28(24,25)22(18-12-6-3-7-13-18)27-16-17-10-4-2-5-11-17/h2-15H,16H2,1H3. The number of carbonyl (C=O) groups excluding carboxylic acids is 1. The van der Waals surface area contributed by atoms with Crippen molar-refractivity contribution in [2.24, 2.45) is 0 Å². The fraction of sp³-hybridized carbons (Fsp3) is 0.0952. The summed E-state index contributed by atoms with van der Waals surface area (Å²) in [6.45, 7) is 0.0371. The number of ether oxygens (including phenoxy) is 1. The highest BCUT2D eigenvalue weighted by Crippen LogP contribution is 2.27. The minimum Gasteiger partial charge on any atom is -0.465 e. The van der Waals surface area contributed by atoms with Gasteiger partial charge in [-0.1, -0.05) is 60.7 Å². The Morgan fingerprint density at radius 3 is 2.07 bits per heavy atom. The second-order valence-corrected chi connectivity index (χ2v) is 7.54. The van der Waals surface area contributed by atoms with Gasteiger partial charge >= 0.3 is 5.97 Å². The van der Waals surface area contributed by atoms with Crippen molar-refractivity contribution in [3.05, 3.63) is 96.1 Å². The molecule has 0 saturated heterocycles. The summed E-state index contributed by atoms with van der Waals surface area (Å²) >= 11 is 0. The van der Waals surface area contributed by atoms with Gasteiger partial charge < -0.3 is 4.74 Å². The number of methoxy groups -OCH3 is 1. The number of esters is 1. The number of nitrogens with zero attached hydrogens (tertiary/aromatic N) is 1. The zero-order valence-electron chi connectivity index (χ0n) is 15.2. The van der Waals surface area contributed by atoms with Crippen molar-refractivity contribution < 1.29 is 22.8 Å². The van der Waals surface area contributed by atoms with Gasteiger partial charge in [0.2, 0.25) is 0 Å². The van der Waals surface area contributed by atoms with E-state index in [0.717, 1.165) is 10.0 Å². The molecule has 0 spiro atoms. The van der Waals surface area contributed by atoms with Crippen LogP contribution in [0.4, 0.5) is 5.69 Å². The SMILES string of the molecule is COC(=O)c1ccccc1S(=O)(=O)N(OCc1ccccc1)c1ccccc1. The molecule has 0 N–H and O–H groups in total. The lowest BCUT2D eigenvalue weighted by Gasteiger charge is -2.24. The first kappa shape index (κ1) is 19.6. The van der Waals surface area contributed by atoms with Crippen LogP contribution in [-0.4, -0.2) is 21.5 Å². The fourth-order valence-electron chi connectivity index (χ4n) is 2.60. The first-order chi connectivity index (χ1) is 13.5. The molecule has 0 aromatic heterocycles. The van der Waals surface area contributed by atoms with Gasteiger partial charge in [0.25, 0.3) is 10.0 Å². The fourth-order valence-corrected chi connectivity index (χ4v) is 4.05. The van der Waals surface area contributed by atoms with E-state index in [4.69, 9.17) is 9.57 Å². The van der Waals surface area contributed by atoms with E-state index in [1.165, 1.54) is 19.2 Å². The lowest BCUT2D eigenvalue weighted by Crippen LogP contribution is -2.32. The maximum Gasteiger partial charge on any atom is 0.339 e. The molecule has 0 heterocycles. The molecular weight excluding hydrogens is 378 g/mol. The Kier molecular flexibility index (Phi) is 6.08. The van der Waals surface area contributed by atoms with Crippen LogP contribution < -0.4 is 4.47 Å². The summed E-state index contributed by atoms with van der Waals surface area (Å²) in [5.74, 6) is -0.741. The summed E-state index contributed by atoms with van der Waals surface area (Å²) in [6, 6.07) is 23.5. The number of benzene rings is 3. The Morgan fingerprint density at radius 2 is 1.43 bits per heavy atom. The van der Waals surface area contributed by atoms with E-state index in [1.54, 1.807) is 42.5 Å². The summed E-state index contributed by atoms with van der Waals surface area (Å²) in [5, 5.41) is 0. The van der Waals surface area contributed by atoms with Crippen LogP contribution >= 0.6 is 0 Å². The Balaban J connectivity index is 2.03. The van der Waals surface area contributed by atoms with Gasteiger partial charge in [-0.3, -0.25) is 4.84 Å². The van der Waals surface area contributed by atoms with Crippen LogP contribution in [0.5, 0.6) is 0 Å². The highest BCUT2D eigenvalue weighted by Gasteiger charge is 2.30. The highest BCUT2D eigenvalue weighted by molar-refractivity contribution is 7.92. The molecule has 3 aromatic carbocycles. The number of hydrogen-bond acceptors (Lipinski definition) is 5. The third-order valence-electron chi connectivity index (χ3n) is 3.95. The van der Waals surface area contributed by atoms with Crippen molar-refractivity contribution >= 4 is 21.7 Å². The van der Waals surface area contributed by atoms with Gasteiger partial charge in [0.15, 0.2) is 0 Å². The van der Waals surface area contributed by atoms with Crippen LogP contribution in [0.3, 0.4) is 0 Å². The van der Waals surface area contributed by atoms with Gasteiger partial charge in [-0.05, 0) is 29.8 Å². The normalized spacial score (nSPS) is 11.0. The zero-order valence-corrected chi connectivity index (χ0v) is 16.0. The van der Waals surface area contributed by atoms with Crippen molar-refractivity contribution in [1.29, 1.82) is 0 Å². The molecule has 0 unspecified atom stereocenters. The summed E-state index contributed by atoms with van der Waals surface area (Å²) < 4.78 is 32.3. The van der Waals surface area contributed by atoms with Crippen molar-refractivity contribution in [2.75, 3.05) is 11.6 Å². The van der Waals surface area contributed by atoms with E-state index in [0.29, 0.717) is 5.69 Å². The molecule has 0 aliphatic heterocycles. The van der Waals surface area contributed by atoms with Crippen LogP contribution in [0.2, 0.25) is 0 Å². The second kappa shape index (κ2) is 8.69. The van der Waals surface area contributed by atoms with Gasteiger partial charge in [0, 0.05) is 0 Å². The predicted molar refractivity (Wildman–Crippen MR) is 105 cm³/mol. The van der Waals surface area contributed by atoms with Crippen molar-refractivity contribution in [3.63, 3.8) is 0 Å². The number of carbonyl (C=O) groups is 1. The molecule has 0 bridgehead atoms. The van der Waals surface area contributed by atoms with Gasteiger partial charge in [-0.15, -0.1) is 4.47 Å². The molecule has 6 nitrogen and oxygen atoms in total. The number of sulfonamides is 1. The van der Waals surface area contributed by atoms with Crippen LogP contribution in [0.1, 0.15) is 15.9 Å². The molecule has 0 saturated carbocycles. The van der Waals surface area contributed by atoms with Crippen LogP contribution in [0.15, 0.2) is 89.8 Å². The van der Waals surface area contributed by atoms with Crippen molar-refractivity contribution in [3.8, 4) is 0 Å². The molecule has 0 aliphatic carbocycles. The summed E-state index contributed by atoms with van der Waals surface area (Å²) in [5.41, 5.74) is 1.06. The molecule has 144 valence electrons. The largest absolute Gasteiger partial charge is 0.465 e. The van der Waals surface area contributed by atoms with E-state index >= 15 is 0 Å². The quantitative estimate of drug-likeness (QED) is 0.448. The molecule has 3 rings (SSSR count). The Labute approximate surface area is 164 Å². The van der Waals surface area contributed by atoms with Crippen molar-refractivity contribution in [2.45, 2.75) is 11.5 Å². The first-order valence-corrected chi connectivity index (χ1v) is 9.92. The maximum absolute atomic E-state index is 13.4. The van der Waals surface area contributed by atoms with Crippen LogP contribution in [0.25, 0.3) is 0 Å². The third kappa shape index (κ3) is 4.21. The lowest BCUT2D eigenvalue weighted by atomic mass is 10.2. The van der Waals surface area contributed by atoms with Gasteiger partial charge in [-0.2, -0.15) is 8.42 Å². The lowest BCUT2D eigenvalue weighted by molar-refractivity contribution is 0.0596. The average molecular weight is 397 g/mol. The summed E-state index contributed by atoms with van der Waals surface area (Å²) in [6.07, 6.45) is 0. The van der Waals surface area contributed by atoms with E-state index in [9.17, 15) is 13.2 Å². The molecule has 28 heavy (non-hydrogen) atoms. The number of rotatable bonds is 7. The predicted octanol–water partition coefficient (Wildman–Crippen LogP) is 3.80. The summed E-state index contributed by atoms with van der Waals surface area (Å²) in [4.78, 5) is 17.6. The molecular formula is C21H19NO5S. The second-order valence-electron chi connectivity index (χ2n) is 5.81. The topological polar surface area (TPSA) is 72.9 Å². The molecule has 0 fully saturated rings. The van der Waals surface area contributed by atoms with Crippen LogP contribution in [0, 0.1) is 0 Å². The average Bonchev–Trinajstić information content (AvgIpc) is 2.74. The molecule has 0 atom stereocenters. The zero-order chi connectivity index (χ0) is 20.0. The highest BCUT2D eigenvalue weighted by atomic mass is 32.2. The van der Waals surface area contributed by atoms with E-state index in [-0.39, 0.29) is 17.1 Å². The molecule has 7 heteroatoms. The Bertz CT molecular complexity index is 1040. The third-order valence-corrected chi connectivity index (χ3v) is 5.61. The number of para-hydroxylation sites is 1. The van der Waals surface area contributed by atoms with E-state index in [2.05, 4.69) is 0 Å². The minimum absolute atomic E-state index is 0.0371. The van der Waals surface area contributed by atoms with Gasteiger partial charge in [0.1, 0.15) is 11.5 Å². The monoisotopic (exact) mass is 397 g/mol. The smallest absolute Gasteiger partial charge is 0.339 e. The van der Waals surface area contributed by atoms with Crippen molar-refractivity contribution in [1.82, 2.24) is 0 Å². The molecule has 0 amide bonds. The van der Waals surface area contributed by atoms with E-state index in [1.807, 2.05) is 30.3 Å². The maximum atomic E-state index is 13.4.